The first-order valence-electron chi connectivity index (χ1n) is 8.07. The van der Waals surface area contributed by atoms with Crippen LogP contribution in [-0.4, -0.2) is 42.1 Å². The number of nitrogens with zero attached hydrogens (tertiary/aromatic N) is 1. The number of carbonyl (C=O) groups is 1. The lowest BCUT2D eigenvalue weighted by molar-refractivity contribution is -0.134. The van der Waals surface area contributed by atoms with Crippen molar-refractivity contribution in [2.24, 2.45) is 5.92 Å². The summed E-state index contributed by atoms with van der Waals surface area (Å²) in [5, 5.41) is 0.625. The zero-order valence-corrected chi connectivity index (χ0v) is 14.9. The molecular weight excluding hydrogens is 314 g/mol. The third kappa shape index (κ3) is 5.09. The van der Waals surface area contributed by atoms with Gasteiger partial charge in [0.1, 0.15) is 0 Å². The predicted molar refractivity (Wildman–Crippen MR) is 93.4 cm³/mol. The molecule has 1 aromatic carbocycles. The summed E-state index contributed by atoms with van der Waals surface area (Å²) in [5.74, 6) is 0.162. The summed E-state index contributed by atoms with van der Waals surface area (Å²) in [5.41, 5.74) is 6.51. The topological polar surface area (TPSA) is 53.6 Å². The van der Waals surface area contributed by atoms with Crippen LogP contribution < -0.4 is 10.9 Å². The lowest BCUT2D eigenvalue weighted by Gasteiger charge is -2.40. The minimum absolute atomic E-state index is 0.0405. The number of anilines is 1. The van der Waals surface area contributed by atoms with Crippen molar-refractivity contribution in [3.8, 4) is 0 Å². The molecule has 3 atom stereocenters. The molecule has 23 heavy (non-hydrogen) atoms. The maximum absolute atomic E-state index is 12.7. The van der Waals surface area contributed by atoms with Gasteiger partial charge in [0.25, 0.3) is 5.91 Å². The van der Waals surface area contributed by atoms with E-state index in [0.29, 0.717) is 5.02 Å². The number of halogens is 1. The molecule has 2 rings (SSSR count). The van der Waals surface area contributed by atoms with E-state index in [2.05, 4.69) is 29.6 Å². The summed E-state index contributed by atoms with van der Waals surface area (Å²) >= 11 is 5.95. The van der Waals surface area contributed by atoms with Gasteiger partial charge in [0.05, 0.1) is 23.9 Å². The number of rotatable bonds is 5. The van der Waals surface area contributed by atoms with Gasteiger partial charge < -0.3 is 4.74 Å². The van der Waals surface area contributed by atoms with Crippen LogP contribution in [0.2, 0.25) is 5.02 Å². The zero-order valence-electron chi connectivity index (χ0n) is 14.2. The molecule has 0 aromatic heterocycles. The summed E-state index contributed by atoms with van der Waals surface area (Å²) in [6.07, 6.45) is 0.266. The van der Waals surface area contributed by atoms with Gasteiger partial charge >= 0.3 is 0 Å². The molecular formula is C17H26ClN3O2. The fraction of sp³-hybridized carbons (Fsp3) is 0.588. The summed E-state index contributed by atoms with van der Waals surface area (Å²) in [4.78, 5) is 14.9. The van der Waals surface area contributed by atoms with E-state index < -0.39 is 0 Å². The molecule has 0 radical (unpaired) electrons. The fourth-order valence-electron chi connectivity index (χ4n) is 3.11. The molecule has 128 valence electrons. The molecule has 1 saturated heterocycles. The first-order chi connectivity index (χ1) is 10.9. The second-order valence-electron chi connectivity index (χ2n) is 6.52. The van der Waals surface area contributed by atoms with Crippen molar-refractivity contribution < 1.29 is 9.53 Å². The Kier molecular flexibility index (Phi) is 6.27. The maximum Gasteiger partial charge on any atom is 0.255 e. The fourth-order valence-corrected chi connectivity index (χ4v) is 3.30. The van der Waals surface area contributed by atoms with Crippen molar-refractivity contribution in [3.05, 3.63) is 29.3 Å². The zero-order chi connectivity index (χ0) is 17.0. The molecule has 0 bridgehead atoms. The molecule has 0 unspecified atom stereocenters. The number of hydrogen-bond donors (Lipinski definition) is 2. The SMILES string of the molecule is CC(C)[C@H](C(=O)NNc1cccc(Cl)c1)N1C[C@@H](C)O[C@H](C)C1. The van der Waals surface area contributed by atoms with Gasteiger partial charge in [0, 0.05) is 18.1 Å². The van der Waals surface area contributed by atoms with Crippen LogP contribution in [-0.2, 0) is 9.53 Å². The van der Waals surface area contributed by atoms with Gasteiger partial charge in [-0.05, 0) is 38.0 Å². The number of hydrogen-bond acceptors (Lipinski definition) is 4. The lowest BCUT2D eigenvalue weighted by atomic mass is 10.00. The quantitative estimate of drug-likeness (QED) is 0.810. The van der Waals surface area contributed by atoms with E-state index in [-0.39, 0.29) is 30.1 Å². The smallest absolute Gasteiger partial charge is 0.255 e. The van der Waals surface area contributed by atoms with Crippen molar-refractivity contribution in [1.29, 1.82) is 0 Å². The van der Waals surface area contributed by atoms with Gasteiger partial charge in [-0.1, -0.05) is 31.5 Å². The molecule has 1 heterocycles. The standard InChI is InChI=1S/C17H26ClN3O2/c1-11(2)16(21-9-12(3)23-13(4)10-21)17(22)20-19-15-7-5-6-14(18)8-15/h5-8,11-13,16,19H,9-10H2,1-4H3,(H,20,22)/t12-,13-,16-/m1/s1. The Hall–Kier alpha value is -1.30. The van der Waals surface area contributed by atoms with E-state index in [1.165, 1.54) is 0 Å². The Morgan fingerprint density at radius 3 is 2.52 bits per heavy atom. The van der Waals surface area contributed by atoms with Crippen LogP contribution in [0.4, 0.5) is 5.69 Å². The van der Waals surface area contributed by atoms with Crippen LogP contribution >= 0.6 is 11.6 Å². The molecule has 2 N–H and O–H groups in total. The molecule has 5 nitrogen and oxygen atoms in total. The number of ether oxygens (including phenoxy) is 1. The second kappa shape index (κ2) is 7.99. The number of carbonyl (C=O) groups excluding carboxylic acids is 1. The summed E-state index contributed by atoms with van der Waals surface area (Å²) in [6, 6.07) is 7.06. The van der Waals surface area contributed by atoms with E-state index in [1.54, 1.807) is 12.1 Å². The number of morpholine rings is 1. The number of amides is 1. The molecule has 1 aliphatic rings. The van der Waals surface area contributed by atoms with Crippen molar-refractivity contribution in [3.63, 3.8) is 0 Å². The first-order valence-corrected chi connectivity index (χ1v) is 8.45. The third-order valence-electron chi connectivity index (χ3n) is 3.90. The van der Waals surface area contributed by atoms with Crippen LogP contribution in [0.5, 0.6) is 0 Å². The van der Waals surface area contributed by atoms with Gasteiger partial charge in [-0.15, -0.1) is 0 Å². The van der Waals surface area contributed by atoms with Gasteiger partial charge in [-0.3, -0.25) is 20.5 Å². The normalized spacial score (nSPS) is 23.6. The van der Waals surface area contributed by atoms with Gasteiger partial charge in [-0.25, -0.2) is 0 Å². The van der Waals surface area contributed by atoms with Crippen LogP contribution in [0.1, 0.15) is 27.7 Å². The minimum Gasteiger partial charge on any atom is -0.373 e. The Morgan fingerprint density at radius 1 is 1.30 bits per heavy atom. The Bertz CT molecular complexity index is 528. The van der Waals surface area contributed by atoms with Crippen LogP contribution in [0.25, 0.3) is 0 Å². The van der Waals surface area contributed by atoms with E-state index in [9.17, 15) is 4.79 Å². The Balaban J connectivity index is 2.01. The van der Waals surface area contributed by atoms with Gasteiger partial charge in [0.2, 0.25) is 0 Å². The van der Waals surface area contributed by atoms with Gasteiger partial charge in [0.15, 0.2) is 0 Å². The Morgan fingerprint density at radius 2 is 1.96 bits per heavy atom. The van der Waals surface area contributed by atoms with E-state index >= 15 is 0 Å². The van der Waals surface area contributed by atoms with Gasteiger partial charge in [-0.2, -0.15) is 0 Å². The van der Waals surface area contributed by atoms with Crippen molar-refractivity contribution >= 4 is 23.2 Å². The molecule has 6 heteroatoms. The van der Waals surface area contributed by atoms with Crippen molar-refractivity contribution in [2.75, 3.05) is 18.5 Å². The monoisotopic (exact) mass is 339 g/mol. The molecule has 1 fully saturated rings. The third-order valence-corrected chi connectivity index (χ3v) is 4.13. The molecule has 1 aliphatic heterocycles. The highest BCUT2D eigenvalue weighted by Crippen LogP contribution is 2.19. The minimum atomic E-state index is -0.199. The lowest BCUT2D eigenvalue weighted by Crippen LogP contribution is -2.57. The average Bonchev–Trinajstić information content (AvgIpc) is 2.44. The maximum atomic E-state index is 12.7. The summed E-state index contributed by atoms with van der Waals surface area (Å²) in [6.45, 7) is 9.74. The predicted octanol–water partition coefficient (Wildman–Crippen LogP) is 2.92. The average molecular weight is 340 g/mol. The summed E-state index contributed by atoms with van der Waals surface area (Å²) < 4.78 is 5.76. The largest absolute Gasteiger partial charge is 0.373 e. The van der Waals surface area contributed by atoms with E-state index in [0.717, 1.165) is 18.8 Å². The van der Waals surface area contributed by atoms with Crippen LogP contribution in [0, 0.1) is 5.92 Å². The highest BCUT2D eigenvalue weighted by Gasteiger charge is 2.34. The van der Waals surface area contributed by atoms with E-state index in [1.807, 2.05) is 26.0 Å². The van der Waals surface area contributed by atoms with Crippen molar-refractivity contribution in [2.45, 2.75) is 45.9 Å². The van der Waals surface area contributed by atoms with Crippen LogP contribution in [0.3, 0.4) is 0 Å². The second-order valence-corrected chi connectivity index (χ2v) is 6.96. The molecule has 1 amide bonds. The molecule has 0 spiro atoms. The summed E-state index contributed by atoms with van der Waals surface area (Å²) in [7, 11) is 0. The van der Waals surface area contributed by atoms with Crippen LogP contribution in [0.15, 0.2) is 24.3 Å². The number of nitrogens with one attached hydrogen (secondary N) is 2. The number of benzene rings is 1. The Labute approximate surface area is 143 Å². The first kappa shape index (κ1) is 18.0. The van der Waals surface area contributed by atoms with Crippen molar-refractivity contribution in [1.82, 2.24) is 10.3 Å². The highest BCUT2D eigenvalue weighted by molar-refractivity contribution is 6.30. The highest BCUT2D eigenvalue weighted by atomic mass is 35.5. The van der Waals surface area contributed by atoms with E-state index in [4.69, 9.17) is 16.3 Å². The molecule has 1 aromatic rings. The molecule has 0 aliphatic carbocycles. The molecule has 0 saturated carbocycles. The number of hydrazine groups is 1.